The summed E-state index contributed by atoms with van der Waals surface area (Å²) in [5.41, 5.74) is 0. The summed E-state index contributed by atoms with van der Waals surface area (Å²) in [4.78, 5) is 21.0. The van der Waals surface area contributed by atoms with Crippen LogP contribution >= 0.6 is 0 Å². The van der Waals surface area contributed by atoms with Crippen LogP contribution in [-0.2, 0) is 14.3 Å². The number of unbranched alkanes of at least 4 members (excludes halogenated alkanes) is 9. The Kier molecular flexibility index (Phi) is 12.6. The molecule has 0 aromatic heterocycles. The Morgan fingerprint density at radius 2 is 1.11 bits per heavy atom. The highest BCUT2D eigenvalue weighted by Gasteiger charge is 1.99. The van der Waals surface area contributed by atoms with Crippen molar-refractivity contribution in [2.45, 2.75) is 77.0 Å². The first-order valence-corrected chi connectivity index (χ1v) is 7.43. The lowest BCUT2D eigenvalue weighted by molar-refractivity contribution is -0.305. The summed E-state index contributed by atoms with van der Waals surface area (Å²) in [6, 6.07) is 0. The lowest BCUT2D eigenvalue weighted by atomic mass is 10.1. The van der Waals surface area contributed by atoms with Gasteiger partial charge in [0.25, 0.3) is 0 Å². The van der Waals surface area contributed by atoms with Crippen molar-refractivity contribution in [3.05, 3.63) is 0 Å². The fourth-order valence-electron chi connectivity index (χ4n) is 2.05. The number of carbonyl (C=O) groups excluding carboxylic acids is 2. The summed E-state index contributed by atoms with van der Waals surface area (Å²) < 4.78 is 4.58. The van der Waals surface area contributed by atoms with E-state index in [2.05, 4.69) is 4.74 Å². The predicted octanol–water partition coefficient (Wildman–Crippen LogP) is 2.59. The SMILES string of the molecule is COC(=O)CCCCCCCCCCCCC(=O)[O-]. The minimum Gasteiger partial charge on any atom is -0.550 e. The maximum atomic E-state index is 10.9. The minimum absolute atomic E-state index is 0.114. The summed E-state index contributed by atoms with van der Waals surface area (Å²) >= 11 is 0. The molecule has 0 aromatic rings. The van der Waals surface area contributed by atoms with Crippen LogP contribution < -0.4 is 5.11 Å². The van der Waals surface area contributed by atoms with Gasteiger partial charge in [-0.25, -0.2) is 0 Å². The molecule has 4 heteroatoms. The van der Waals surface area contributed by atoms with Gasteiger partial charge in [-0.3, -0.25) is 4.79 Å². The first kappa shape index (κ1) is 17.9. The van der Waals surface area contributed by atoms with Gasteiger partial charge >= 0.3 is 5.97 Å². The summed E-state index contributed by atoms with van der Waals surface area (Å²) in [5.74, 6) is -1.05. The van der Waals surface area contributed by atoms with Gasteiger partial charge in [0.1, 0.15) is 0 Å². The Labute approximate surface area is 116 Å². The van der Waals surface area contributed by atoms with E-state index in [9.17, 15) is 14.7 Å². The lowest BCUT2D eigenvalue weighted by Crippen LogP contribution is -2.21. The van der Waals surface area contributed by atoms with Crippen LogP contribution in [0.4, 0.5) is 0 Å². The number of carboxylic acids is 1. The zero-order valence-electron chi connectivity index (χ0n) is 12.1. The van der Waals surface area contributed by atoms with Crippen LogP contribution in [0.25, 0.3) is 0 Å². The fourth-order valence-corrected chi connectivity index (χ4v) is 2.05. The molecule has 0 amide bonds. The first-order valence-electron chi connectivity index (χ1n) is 7.43. The van der Waals surface area contributed by atoms with Crippen LogP contribution in [0.5, 0.6) is 0 Å². The molecule has 112 valence electrons. The number of carbonyl (C=O) groups is 2. The van der Waals surface area contributed by atoms with E-state index in [1.54, 1.807) is 0 Å². The number of carboxylic acid groups (broad SMARTS) is 1. The van der Waals surface area contributed by atoms with Crippen molar-refractivity contribution < 1.29 is 19.4 Å². The van der Waals surface area contributed by atoms with E-state index < -0.39 is 5.97 Å². The van der Waals surface area contributed by atoms with Crippen LogP contribution in [0.15, 0.2) is 0 Å². The molecule has 0 saturated heterocycles. The van der Waals surface area contributed by atoms with E-state index in [-0.39, 0.29) is 12.4 Å². The second-order valence-corrected chi connectivity index (χ2v) is 4.98. The molecule has 0 saturated carbocycles. The number of methoxy groups -OCH3 is 1. The monoisotopic (exact) mass is 271 g/mol. The Bertz CT molecular complexity index is 238. The number of esters is 1. The van der Waals surface area contributed by atoms with Crippen molar-refractivity contribution in [3.63, 3.8) is 0 Å². The van der Waals surface area contributed by atoms with Crippen LogP contribution in [0.3, 0.4) is 0 Å². The smallest absolute Gasteiger partial charge is 0.305 e. The second-order valence-electron chi connectivity index (χ2n) is 4.98. The normalized spacial score (nSPS) is 10.4. The predicted molar refractivity (Wildman–Crippen MR) is 72.4 cm³/mol. The zero-order valence-corrected chi connectivity index (χ0v) is 12.1. The summed E-state index contributed by atoms with van der Waals surface area (Å²) in [7, 11) is 1.43. The van der Waals surface area contributed by atoms with Gasteiger partial charge in [-0.1, -0.05) is 51.4 Å². The Balaban J connectivity index is 3.03. The standard InChI is InChI=1S/C15H28O4/c1-19-15(18)13-11-9-7-5-3-2-4-6-8-10-12-14(16)17/h2-13H2,1H3,(H,16,17)/p-1. The molecule has 0 radical (unpaired) electrons. The fraction of sp³-hybridized carbons (Fsp3) is 0.867. The van der Waals surface area contributed by atoms with E-state index in [0.29, 0.717) is 6.42 Å². The molecule has 0 heterocycles. The highest BCUT2D eigenvalue weighted by molar-refractivity contribution is 5.68. The number of aliphatic carboxylic acids is 1. The maximum absolute atomic E-state index is 10.9. The molecule has 0 aromatic carbocycles. The molecule has 19 heavy (non-hydrogen) atoms. The lowest BCUT2D eigenvalue weighted by Gasteiger charge is -2.03. The first-order chi connectivity index (χ1) is 9.16. The summed E-state index contributed by atoms with van der Waals surface area (Å²) in [6.45, 7) is 0. The summed E-state index contributed by atoms with van der Waals surface area (Å²) in [5, 5.41) is 10.2. The van der Waals surface area contributed by atoms with Crippen molar-refractivity contribution in [3.8, 4) is 0 Å². The Morgan fingerprint density at radius 3 is 1.47 bits per heavy atom. The van der Waals surface area contributed by atoms with Gasteiger partial charge in [-0.15, -0.1) is 0 Å². The van der Waals surface area contributed by atoms with E-state index in [1.165, 1.54) is 39.2 Å². The highest BCUT2D eigenvalue weighted by Crippen LogP contribution is 2.11. The van der Waals surface area contributed by atoms with E-state index >= 15 is 0 Å². The van der Waals surface area contributed by atoms with Gasteiger partial charge in [0.15, 0.2) is 0 Å². The van der Waals surface area contributed by atoms with Crippen molar-refractivity contribution in [1.29, 1.82) is 0 Å². The molecule has 0 aliphatic heterocycles. The van der Waals surface area contributed by atoms with Crippen molar-refractivity contribution >= 4 is 11.9 Å². The summed E-state index contributed by atoms with van der Waals surface area (Å²) in [6.07, 6.45) is 11.7. The third-order valence-electron chi connectivity index (χ3n) is 3.24. The number of hydrogen-bond acceptors (Lipinski definition) is 4. The maximum Gasteiger partial charge on any atom is 0.305 e. The van der Waals surface area contributed by atoms with Gasteiger partial charge in [0.2, 0.25) is 0 Å². The molecule has 0 bridgehead atoms. The highest BCUT2D eigenvalue weighted by atomic mass is 16.5. The van der Waals surface area contributed by atoms with E-state index in [4.69, 9.17) is 0 Å². The number of rotatable bonds is 13. The molecule has 0 aliphatic carbocycles. The molecule has 0 unspecified atom stereocenters. The number of hydrogen-bond donors (Lipinski definition) is 0. The van der Waals surface area contributed by atoms with Gasteiger partial charge in [0.05, 0.1) is 7.11 Å². The Hall–Kier alpha value is -1.06. The van der Waals surface area contributed by atoms with Gasteiger partial charge < -0.3 is 14.6 Å². The van der Waals surface area contributed by atoms with Crippen molar-refractivity contribution in [1.82, 2.24) is 0 Å². The van der Waals surface area contributed by atoms with Crippen molar-refractivity contribution in [2.24, 2.45) is 0 Å². The van der Waals surface area contributed by atoms with Crippen molar-refractivity contribution in [2.75, 3.05) is 7.11 Å². The van der Waals surface area contributed by atoms with Crippen LogP contribution in [0.2, 0.25) is 0 Å². The van der Waals surface area contributed by atoms with Gasteiger partial charge in [-0.2, -0.15) is 0 Å². The molecule has 0 fully saturated rings. The molecular weight excluding hydrogens is 244 g/mol. The van der Waals surface area contributed by atoms with E-state index in [1.807, 2.05) is 0 Å². The molecule has 0 N–H and O–H groups in total. The quantitative estimate of drug-likeness (QED) is 0.381. The Morgan fingerprint density at radius 1 is 0.737 bits per heavy atom. The van der Waals surface area contributed by atoms with Gasteiger partial charge in [0, 0.05) is 12.4 Å². The average molecular weight is 271 g/mol. The second kappa shape index (κ2) is 13.4. The largest absolute Gasteiger partial charge is 0.550 e. The van der Waals surface area contributed by atoms with Crippen LogP contribution in [0, 0.1) is 0 Å². The third-order valence-corrected chi connectivity index (χ3v) is 3.24. The molecule has 0 atom stereocenters. The molecule has 0 rings (SSSR count). The zero-order chi connectivity index (χ0) is 14.3. The molecule has 4 nitrogen and oxygen atoms in total. The third kappa shape index (κ3) is 14.9. The van der Waals surface area contributed by atoms with Crippen LogP contribution in [-0.4, -0.2) is 19.0 Å². The van der Waals surface area contributed by atoms with Crippen LogP contribution in [0.1, 0.15) is 77.0 Å². The topological polar surface area (TPSA) is 66.4 Å². The average Bonchev–Trinajstić information content (AvgIpc) is 2.39. The molecular formula is C15H27O4-. The number of ether oxygens (including phenoxy) is 1. The molecule has 0 aliphatic rings. The minimum atomic E-state index is -0.938. The van der Waals surface area contributed by atoms with Gasteiger partial charge in [-0.05, 0) is 19.3 Å². The van der Waals surface area contributed by atoms with E-state index in [0.717, 1.165) is 32.1 Å². The molecule has 0 spiro atoms.